The number of aryl methyl sites for hydroxylation is 1. The summed E-state index contributed by atoms with van der Waals surface area (Å²) in [6.07, 6.45) is 2.79. The SMILES string of the molecule is CCOc1cccc([C@@H]2c3cccn3-c3c(c(C)nn3-c3ccccc3)CN2C(=O)NCCCOC)c1. The van der Waals surface area contributed by atoms with Crippen molar-refractivity contribution in [1.82, 2.24) is 24.6 Å². The lowest BCUT2D eigenvalue weighted by Gasteiger charge is -2.31. The molecule has 2 aromatic heterocycles. The number of carbonyl (C=O) groups is 1. The summed E-state index contributed by atoms with van der Waals surface area (Å²) in [5.74, 6) is 1.73. The molecule has 37 heavy (non-hydrogen) atoms. The fourth-order valence-electron chi connectivity index (χ4n) is 4.95. The first-order chi connectivity index (χ1) is 18.1. The van der Waals surface area contributed by atoms with Crippen molar-refractivity contribution in [3.63, 3.8) is 0 Å². The van der Waals surface area contributed by atoms with E-state index in [4.69, 9.17) is 14.6 Å². The van der Waals surface area contributed by atoms with Crippen LogP contribution in [-0.4, -0.2) is 52.1 Å². The lowest BCUT2D eigenvalue weighted by Crippen LogP contribution is -2.42. The van der Waals surface area contributed by atoms with Gasteiger partial charge in [-0.3, -0.25) is 0 Å². The molecule has 1 aliphatic rings. The van der Waals surface area contributed by atoms with Crippen LogP contribution in [-0.2, 0) is 11.3 Å². The van der Waals surface area contributed by atoms with Crippen LogP contribution in [0.1, 0.15) is 41.9 Å². The second kappa shape index (κ2) is 10.9. The normalized spacial score (nSPS) is 14.6. The third-order valence-corrected chi connectivity index (χ3v) is 6.63. The van der Waals surface area contributed by atoms with Crippen LogP contribution in [0, 0.1) is 6.92 Å². The molecule has 1 aliphatic heterocycles. The van der Waals surface area contributed by atoms with E-state index in [0.717, 1.165) is 46.2 Å². The first-order valence-corrected chi connectivity index (χ1v) is 12.7. The van der Waals surface area contributed by atoms with Gasteiger partial charge >= 0.3 is 6.03 Å². The number of amides is 2. The highest BCUT2D eigenvalue weighted by Crippen LogP contribution is 2.39. The van der Waals surface area contributed by atoms with Crippen LogP contribution in [0.4, 0.5) is 4.79 Å². The standard InChI is InChI=1S/C29H33N5O3/c1-4-37-24-14-8-11-22(19-24)27-26-15-9-17-32(26)28-25(20-33(27)29(35)30-16-10-18-36-3)21(2)31-34(28)23-12-6-5-7-13-23/h5-9,11-15,17,19,27H,4,10,16,18,20H2,1-3H3,(H,30,35)/t27-/m1/s1. The van der Waals surface area contributed by atoms with Gasteiger partial charge in [0.05, 0.1) is 36.3 Å². The number of ether oxygens (including phenoxy) is 2. The summed E-state index contributed by atoms with van der Waals surface area (Å²) >= 11 is 0. The predicted molar refractivity (Wildman–Crippen MR) is 143 cm³/mol. The van der Waals surface area contributed by atoms with Gasteiger partial charge in [0.1, 0.15) is 11.6 Å². The van der Waals surface area contributed by atoms with Gasteiger partial charge in [0.2, 0.25) is 0 Å². The molecule has 192 valence electrons. The van der Waals surface area contributed by atoms with E-state index in [-0.39, 0.29) is 12.1 Å². The molecule has 2 aromatic carbocycles. The van der Waals surface area contributed by atoms with Gasteiger partial charge in [-0.25, -0.2) is 9.48 Å². The van der Waals surface area contributed by atoms with Crippen molar-refractivity contribution in [1.29, 1.82) is 0 Å². The third-order valence-electron chi connectivity index (χ3n) is 6.63. The Bertz CT molecular complexity index is 1360. The zero-order valence-electron chi connectivity index (χ0n) is 21.6. The average molecular weight is 500 g/mol. The van der Waals surface area contributed by atoms with Crippen molar-refractivity contribution in [2.24, 2.45) is 0 Å². The third kappa shape index (κ3) is 4.84. The number of urea groups is 1. The number of para-hydroxylation sites is 1. The predicted octanol–water partition coefficient (Wildman–Crippen LogP) is 5.02. The fraction of sp³-hybridized carbons (Fsp3) is 0.310. The van der Waals surface area contributed by atoms with E-state index in [1.165, 1.54) is 0 Å². The van der Waals surface area contributed by atoms with Crippen LogP contribution in [0.2, 0.25) is 0 Å². The molecule has 0 aliphatic carbocycles. The Morgan fingerprint density at radius 2 is 1.95 bits per heavy atom. The maximum atomic E-state index is 13.7. The second-order valence-corrected chi connectivity index (χ2v) is 9.05. The molecule has 3 heterocycles. The van der Waals surface area contributed by atoms with E-state index < -0.39 is 0 Å². The molecule has 1 N–H and O–H groups in total. The monoisotopic (exact) mass is 499 g/mol. The number of carbonyl (C=O) groups excluding carboxylic acids is 1. The summed E-state index contributed by atoms with van der Waals surface area (Å²) in [4.78, 5) is 15.6. The van der Waals surface area contributed by atoms with Crippen molar-refractivity contribution in [2.75, 3.05) is 26.9 Å². The maximum Gasteiger partial charge on any atom is 0.318 e. The molecule has 8 heteroatoms. The molecule has 0 fully saturated rings. The van der Waals surface area contributed by atoms with Gasteiger partial charge in [0, 0.05) is 32.0 Å². The lowest BCUT2D eigenvalue weighted by atomic mass is 10.0. The molecule has 0 spiro atoms. The van der Waals surface area contributed by atoms with Crippen LogP contribution in [0.25, 0.3) is 11.5 Å². The molecule has 0 bridgehead atoms. The summed E-state index contributed by atoms with van der Waals surface area (Å²) in [7, 11) is 1.67. The fourth-order valence-corrected chi connectivity index (χ4v) is 4.95. The highest BCUT2D eigenvalue weighted by molar-refractivity contribution is 5.76. The van der Waals surface area contributed by atoms with Crippen molar-refractivity contribution in [3.05, 3.63) is 95.4 Å². The highest BCUT2D eigenvalue weighted by Gasteiger charge is 2.36. The lowest BCUT2D eigenvalue weighted by molar-refractivity contribution is 0.174. The van der Waals surface area contributed by atoms with Gasteiger partial charge in [-0.1, -0.05) is 30.3 Å². The van der Waals surface area contributed by atoms with Crippen LogP contribution in [0.5, 0.6) is 5.75 Å². The highest BCUT2D eigenvalue weighted by atomic mass is 16.5. The Morgan fingerprint density at radius 1 is 1.11 bits per heavy atom. The largest absolute Gasteiger partial charge is 0.494 e. The molecular weight excluding hydrogens is 466 g/mol. The molecule has 0 saturated carbocycles. The van der Waals surface area contributed by atoms with E-state index in [1.807, 2.05) is 84.2 Å². The topological polar surface area (TPSA) is 73.5 Å². The Kier molecular flexibility index (Phi) is 7.28. The number of benzene rings is 2. The van der Waals surface area contributed by atoms with Crippen LogP contribution >= 0.6 is 0 Å². The minimum atomic E-state index is -0.325. The Hall–Kier alpha value is -4.04. The molecule has 5 rings (SSSR count). The zero-order valence-corrected chi connectivity index (χ0v) is 21.6. The maximum absolute atomic E-state index is 13.7. The summed E-state index contributed by atoms with van der Waals surface area (Å²) in [6, 6.07) is 21.8. The van der Waals surface area contributed by atoms with Crippen molar-refractivity contribution in [3.8, 4) is 17.3 Å². The van der Waals surface area contributed by atoms with E-state index in [2.05, 4.69) is 22.0 Å². The van der Waals surface area contributed by atoms with E-state index in [0.29, 0.717) is 26.3 Å². The molecule has 1 atom stereocenters. The summed E-state index contributed by atoms with van der Waals surface area (Å²) in [5, 5.41) is 8.01. The van der Waals surface area contributed by atoms with E-state index in [1.54, 1.807) is 7.11 Å². The minimum Gasteiger partial charge on any atom is -0.494 e. The van der Waals surface area contributed by atoms with Gasteiger partial charge in [-0.15, -0.1) is 0 Å². The molecule has 0 unspecified atom stereocenters. The number of hydrogen-bond donors (Lipinski definition) is 1. The van der Waals surface area contributed by atoms with Crippen molar-refractivity contribution >= 4 is 6.03 Å². The Morgan fingerprint density at radius 3 is 2.73 bits per heavy atom. The number of nitrogens with zero attached hydrogens (tertiary/aromatic N) is 4. The van der Waals surface area contributed by atoms with E-state index >= 15 is 0 Å². The number of rotatable bonds is 8. The summed E-state index contributed by atoms with van der Waals surface area (Å²) < 4.78 is 15.1. The molecule has 0 saturated heterocycles. The summed E-state index contributed by atoms with van der Waals surface area (Å²) in [5.41, 5.74) is 4.84. The smallest absolute Gasteiger partial charge is 0.318 e. The van der Waals surface area contributed by atoms with Gasteiger partial charge in [-0.05, 0) is 62.2 Å². The molecule has 8 nitrogen and oxygen atoms in total. The molecular formula is C29H33N5O3. The van der Waals surface area contributed by atoms with Gasteiger partial charge in [0.25, 0.3) is 0 Å². The summed E-state index contributed by atoms with van der Waals surface area (Å²) in [6.45, 7) is 6.09. The van der Waals surface area contributed by atoms with Crippen LogP contribution < -0.4 is 10.1 Å². The van der Waals surface area contributed by atoms with Crippen LogP contribution in [0.15, 0.2) is 72.9 Å². The Labute approximate surface area is 217 Å². The van der Waals surface area contributed by atoms with Crippen LogP contribution in [0.3, 0.4) is 0 Å². The quantitative estimate of drug-likeness (QED) is 0.346. The number of aromatic nitrogens is 3. The molecule has 2 amide bonds. The second-order valence-electron chi connectivity index (χ2n) is 9.05. The van der Waals surface area contributed by atoms with Gasteiger partial charge in [-0.2, -0.15) is 5.10 Å². The van der Waals surface area contributed by atoms with E-state index in [9.17, 15) is 4.79 Å². The van der Waals surface area contributed by atoms with Gasteiger partial charge in [0.15, 0.2) is 0 Å². The minimum absolute atomic E-state index is 0.129. The number of nitrogens with one attached hydrogen (secondary N) is 1. The number of hydrogen-bond acceptors (Lipinski definition) is 4. The average Bonchev–Trinajstić information content (AvgIpc) is 3.48. The van der Waals surface area contributed by atoms with Gasteiger partial charge < -0.3 is 24.3 Å². The number of methoxy groups -OCH3 is 1. The van der Waals surface area contributed by atoms with Crippen molar-refractivity contribution < 1.29 is 14.3 Å². The first kappa shape index (κ1) is 24.6. The molecule has 0 radical (unpaired) electrons. The number of fused-ring (bicyclic) bond motifs is 3. The first-order valence-electron chi connectivity index (χ1n) is 12.7. The zero-order chi connectivity index (χ0) is 25.8. The van der Waals surface area contributed by atoms with Crippen molar-refractivity contribution in [2.45, 2.75) is 32.9 Å². The Balaban J connectivity index is 1.65. The molecule has 4 aromatic rings.